The van der Waals surface area contributed by atoms with Crippen LogP contribution in [0.15, 0.2) is 29.2 Å². The molecule has 5 heteroatoms. The van der Waals surface area contributed by atoms with Crippen LogP contribution in [0.25, 0.3) is 0 Å². The van der Waals surface area contributed by atoms with E-state index in [-0.39, 0.29) is 22.1 Å². The third-order valence-corrected chi connectivity index (χ3v) is 5.09. The molecule has 0 aliphatic heterocycles. The fraction of sp³-hybridized carbons (Fsp3) is 0.538. The number of hydrogen-bond acceptors (Lipinski definition) is 4. The van der Waals surface area contributed by atoms with E-state index in [1.54, 1.807) is 36.0 Å². The topological polar surface area (TPSA) is 69.2 Å². The Labute approximate surface area is 111 Å². The van der Waals surface area contributed by atoms with E-state index < -0.39 is 0 Å². The van der Waals surface area contributed by atoms with E-state index in [2.05, 4.69) is 13.8 Å². The molecule has 1 aliphatic carbocycles. The molecule has 1 saturated carbocycles. The predicted octanol–water partition coefficient (Wildman–Crippen LogP) is 3.20. The second-order valence-electron chi connectivity index (χ2n) is 5.46. The molecule has 4 nitrogen and oxygen atoms in total. The number of non-ortho nitro benzene ring substituents is 1. The highest BCUT2D eigenvalue weighted by Crippen LogP contribution is 2.44. The fourth-order valence-electron chi connectivity index (χ4n) is 2.32. The molecular formula is C13H18N2O2S. The molecule has 0 aromatic heterocycles. The van der Waals surface area contributed by atoms with Gasteiger partial charge >= 0.3 is 0 Å². The molecular weight excluding hydrogens is 248 g/mol. The molecule has 0 amide bonds. The van der Waals surface area contributed by atoms with Crippen molar-refractivity contribution in [2.75, 3.05) is 0 Å². The van der Waals surface area contributed by atoms with Gasteiger partial charge in [0.1, 0.15) is 0 Å². The molecule has 0 heterocycles. The van der Waals surface area contributed by atoms with Gasteiger partial charge in [-0.2, -0.15) is 0 Å². The smallest absolute Gasteiger partial charge is 0.269 e. The van der Waals surface area contributed by atoms with E-state index in [9.17, 15) is 10.1 Å². The first kappa shape index (κ1) is 13.4. The monoisotopic (exact) mass is 266 g/mol. The van der Waals surface area contributed by atoms with Crippen molar-refractivity contribution in [3.05, 3.63) is 34.4 Å². The molecule has 1 fully saturated rings. The second kappa shape index (κ2) is 4.90. The number of benzene rings is 1. The Morgan fingerprint density at radius 1 is 1.39 bits per heavy atom. The van der Waals surface area contributed by atoms with E-state index >= 15 is 0 Å². The zero-order valence-electron chi connectivity index (χ0n) is 10.6. The molecule has 0 spiro atoms. The number of nitro groups is 1. The Bertz CT molecular complexity index is 445. The molecule has 0 bridgehead atoms. The molecule has 1 aromatic carbocycles. The van der Waals surface area contributed by atoms with Gasteiger partial charge in [-0.3, -0.25) is 10.1 Å². The van der Waals surface area contributed by atoms with Crippen LogP contribution in [0.2, 0.25) is 0 Å². The van der Waals surface area contributed by atoms with Crippen molar-refractivity contribution in [3.8, 4) is 0 Å². The maximum Gasteiger partial charge on any atom is 0.269 e. The Kier molecular flexibility index (Phi) is 3.64. The van der Waals surface area contributed by atoms with Crippen molar-refractivity contribution in [2.45, 2.75) is 42.9 Å². The van der Waals surface area contributed by atoms with Crippen molar-refractivity contribution in [3.63, 3.8) is 0 Å². The molecule has 0 saturated heterocycles. The third-order valence-electron chi connectivity index (χ3n) is 3.71. The van der Waals surface area contributed by atoms with Gasteiger partial charge in [-0.15, -0.1) is 11.8 Å². The van der Waals surface area contributed by atoms with Gasteiger partial charge in [0.05, 0.1) is 4.92 Å². The standard InChI is InChI=1S/C13H18N2O2S/c1-13(2)8-7-11(12(13)14)18-10-5-3-9(4-6-10)15(16)17/h3-6,11-12H,7-8,14H2,1-2H3. The van der Waals surface area contributed by atoms with Crippen molar-refractivity contribution in [2.24, 2.45) is 11.1 Å². The van der Waals surface area contributed by atoms with Crippen LogP contribution in [0.4, 0.5) is 5.69 Å². The molecule has 98 valence electrons. The first-order valence-corrected chi connectivity index (χ1v) is 6.95. The first-order chi connectivity index (χ1) is 8.40. The summed E-state index contributed by atoms with van der Waals surface area (Å²) in [6, 6.07) is 6.89. The van der Waals surface area contributed by atoms with Gasteiger partial charge < -0.3 is 5.73 Å². The summed E-state index contributed by atoms with van der Waals surface area (Å²) in [7, 11) is 0. The molecule has 1 aliphatic rings. The summed E-state index contributed by atoms with van der Waals surface area (Å²) in [5, 5.41) is 11.0. The number of hydrogen-bond donors (Lipinski definition) is 1. The van der Waals surface area contributed by atoms with Gasteiger partial charge in [0.25, 0.3) is 5.69 Å². The average Bonchev–Trinajstić information content (AvgIpc) is 2.57. The van der Waals surface area contributed by atoms with Crippen LogP contribution < -0.4 is 5.73 Å². The maximum atomic E-state index is 10.6. The number of nitrogens with two attached hydrogens (primary N) is 1. The van der Waals surface area contributed by atoms with Gasteiger partial charge in [0, 0.05) is 28.3 Å². The number of rotatable bonds is 3. The first-order valence-electron chi connectivity index (χ1n) is 6.07. The molecule has 2 rings (SSSR count). The van der Waals surface area contributed by atoms with E-state index in [0.29, 0.717) is 5.25 Å². The minimum Gasteiger partial charge on any atom is -0.326 e. The normalized spacial score (nSPS) is 26.2. The lowest BCUT2D eigenvalue weighted by molar-refractivity contribution is -0.384. The minimum absolute atomic E-state index is 0.135. The average molecular weight is 266 g/mol. The van der Waals surface area contributed by atoms with Gasteiger partial charge in [-0.05, 0) is 30.4 Å². The quantitative estimate of drug-likeness (QED) is 0.673. The predicted molar refractivity (Wildman–Crippen MR) is 73.7 cm³/mol. The highest BCUT2D eigenvalue weighted by Gasteiger charge is 2.39. The second-order valence-corrected chi connectivity index (χ2v) is 6.77. The lowest BCUT2D eigenvalue weighted by Crippen LogP contribution is -2.38. The summed E-state index contributed by atoms with van der Waals surface area (Å²) in [6.45, 7) is 4.40. The fourth-order valence-corrected chi connectivity index (χ4v) is 3.71. The van der Waals surface area contributed by atoms with E-state index in [1.807, 2.05) is 0 Å². The van der Waals surface area contributed by atoms with Gasteiger partial charge in [-0.1, -0.05) is 13.8 Å². The Morgan fingerprint density at radius 3 is 2.44 bits per heavy atom. The molecule has 2 unspecified atom stereocenters. The summed E-state index contributed by atoms with van der Waals surface area (Å²) in [6.07, 6.45) is 2.24. The summed E-state index contributed by atoms with van der Waals surface area (Å²) in [5.41, 5.74) is 6.58. The van der Waals surface area contributed by atoms with E-state index in [0.717, 1.165) is 17.7 Å². The van der Waals surface area contributed by atoms with E-state index in [1.165, 1.54) is 0 Å². The summed E-state index contributed by atoms with van der Waals surface area (Å²) in [4.78, 5) is 11.3. The highest BCUT2D eigenvalue weighted by atomic mass is 32.2. The van der Waals surface area contributed by atoms with Crippen LogP contribution in [-0.4, -0.2) is 16.2 Å². The van der Waals surface area contributed by atoms with Crippen LogP contribution >= 0.6 is 11.8 Å². The van der Waals surface area contributed by atoms with Crippen molar-refractivity contribution < 1.29 is 4.92 Å². The zero-order chi connectivity index (χ0) is 13.3. The van der Waals surface area contributed by atoms with Crippen LogP contribution in [0.5, 0.6) is 0 Å². The lowest BCUT2D eigenvalue weighted by Gasteiger charge is -2.26. The minimum atomic E-state index is -0.376. The van der Waals surface area contributed by atoms with Crippen molar-refractivity contribution in [1.29, 1.82) is 0 Å². The Morgan fingerprint density at radius 2 is 2.00 bits per heavy atom. The SMILES string of the molecule is CC1(C)CCC(Sc2ccc([N+](=O)[O-])cc2)C1N. The van der Waals surface area contributed by atoms with Gasteiger partial charge in [0.15, 0.2) is 0 Å². The molecule has 1 aromatic rings. The molecule has 2 atom stereocenters. The van der Waals surface area contributed by atoms with Crippen LogP contribution in [0.1, 0.15) is 26.7 Å². The Balaban J connectivity index is 2.04. The molecule has 0 radical (unpaired) electrons. The molecule has 2 N–H and O–H groups in total. The van der Waals surface area contributed by atoms with Crippen LogP contribution in [0, 0.1) is 15.5 Å². The zero-order valence-corrected chi connectivity index (χ0v) is 11.4. The summed E-state index contributed by atoms with van der Waals surface area (Å²) in [5.74, 6) is 0. The van der Waals surface area contributed by atoms with Crippen molar-refractivity contribution >= 4 is 17.4 Å². The lowest BCUT2D eigenvalue weighted by atomic mass is 9.88. The summed E-state index contributed by atoms with van der Waals surface area (Å²) >= 11 is 1.73. The van der Waals surface area contributed by atoms with Crippen LogP contribution in [-0.2, 0) is 0 Å². The largest absolute Gasteiger partial charge is 0.326 e. The number of thioether (sulfide) groups is 1. The van der Waals surface area contributed by atoms with E-state index in [4.69, 9.17) is 5.73 Å². The van der Waals surface area contributed by atoms with Gasteiger partial charge in [0.2, 0.25) is 0 Å². The Hall–Kier alpha value is -1.07. The highest BCUT2D eigenvalue weighted by molar-refractivity contribution is 8.00. The van der Waals surface area contributed by atoms with Crippen molar-refractivity contribution in [1.82, 2.24) is 0 Å². The maximum absolute atomic E-state index is 10.6. The number of nitro benzene ring substituents is 1. The van der Waals surface area contributed by atoms with Crippen LogP contribution in [0.3, 0.4) is 0 Å². The number of nitrogens with zero attached hydrogens (tertiary/aromatic N) is 1. The third kappa shape index (κ3) is 2.67. The summed E-state index contributed by atoms with van der Waals surface area (Å²) < 4.78 is 0. The molecule has 18 heavy (non-hydrogen) atoms. The van der Waals surface area contributed by atoms with Gasteiger partial charge in [-0.25, -0.2) is 0 Å².